The smallest absolute Gasteiger partial charge is 0.319 e. The Morgan fingerprint density at radius 1 is 1.29 bits per heavy atom. The van der Waals surface area contributed by atoms with Crippen molar-refractivity contribution in [2.75, 3.05) is 5.32 Å². The topological polar surface area (TPSA) is 105 Å². The largest absolute Gasteiger partial charge is 0.335 e. The number of amides is 2. The number of nitrogens with one attached hydrogen (secondary N) is 3. The van der Waals surface area contributed by atoms with Crippen LogP contribution in [0.15, 0.2) is 47.4 Å². The van der Waals surface area contributed by atoms with Crippen molar-refractivity contribution in [2.45, 2.75) is 38.1 Å². The summed E-state index contributed by atoms with van der Waals surface area (Å²) in [5.41, 5.74) is 3.62. The molecule has 0 aliphatic heterocycles. The van der Waals surface area contributed by atoms with E-state index in [1.807, 2.05) is 32.2 Å². The van der Waals surface area contributed by atoms with Crippen LogP contribution in [0.5, 0.6) is 0 Å². The molecular weight excluding hydrogens is 471 g/mol. The van der Waals surface area contributed by atoms with E-state index in [2.05, 4.69) is 25.9 Å². The van der Waals surface area contributed by atoms with E-state index in [0.717, 1.165) is 34.1 Å². The zero-order chi connectivity index (χ0) is 24.7. The van der Waals surface area contributed by atoms with Gasteiger partial charge in [-0.25, -0.2) is 14.3 Å². The highest BCUT2D eigenvalue weighted by atomic mass is 35.5. The first kappa shape index (κ1) is 23.0. The Labute approximate surface area is 205 Å². The number of hydrogen-bond donors (Lipinski definition) is 3. The molecule has 2 amide bonds. The zero-order valence-corrected chi connectivity index (χ0v) is 20.0. The van der Waals surface area contributed by atoms with Crippen molar-refractivity contribution in [2.24, 2.45) is 7.05 Å². The van der Waals surface area contributed by atoms with Crippen LogP contribution < -0.4 is 16.2 Å². The van der Waals surface area contributed by atoms with Crippen LogP contribution in [0.1, 0.15) is 36.9 Å². The molecule has 0 saturated carbocycles. The minimum absolute atomic E-state index is 0.0138. The fourth-order valence-corrected chi connectivity index (χ4v) is 5.05. The number of nitrogens with zero attached hydrogens (tertiary/aromatic N) is 3. The van der Waals surface area contributed by atoms with Crippen molar-refractivity contribution in [1.29, 1.82) is 0 Å². The first-order valence-electron chi connectivity index (χ1n) is 11.4. The third kappa shape index (κ3) is 4.51. The second kappa shape index (κ2) is 9.14. The Bertz CT molecular complexity index is 1500. The van der Waals surface area contributed by atoms with Gasteiger partial charge >= 0.3 is 6.03 Å². The van der Waals surface area contributed by atoms with Crippen molar-refractivity contribution in [3.63, 3.8) is 0 Å². The van der Waals surface area contributed by atoms with Gasteiger partial charge < -0.3 is 10.6 Å². The molecule has 2 aromatic carbocycles. The van der Waals surface area contributed by atoms with Crippen molar-refractivity contribution >= 4 is 34.2 Å². The second-order valence-corrected chi connectivity index (χ2v) is 9.24. The predicted octanol–water partition coefficient (Wildman–Crippen LogP) is 4.75. The standard InChI is InChI=1S/C25H24ClFN6O2/c1-3-13-7-17(8-15-9-23(34)31-32-24(13)15)29-25(35)30-21-11-19(26)18(10-20(21)27)14-4-5-22-16(6-14)12-28-33(22)2/h4-6,9-13,17H,3,7-8H2,1-2H3,(H,31,34)(H2,29,30,35). The average molecular weight is 495 g/mol. The van der Waals surface area contributed by atoms with Crippen LogP contribution in [0.25, 0.3) is 22.0 Å². The van der Waals surface area contributed by atoms with E-state index in [-0.39, 0.29) is 23.2 Å². The molecule has 2 heterocycles. The minimum Gasteiger partial charge on any atom is -0.335 e. The van der Waals surface area contributed by atoms with Crippen LogP contribution >= 0.6 is 11.6 Å². The number of carbonyl (C=O) groups is 1. The molecule has 0 bridgehead atoms. The van der Waals surface area contributed by atoms with Crippen LogP contribution in [-0.4, -0.2) is 32.1 Å². The van der Waals surface area contributed by atoms with Gasteiger partial charge in [-0.1, -0.05) is 24.6 Å². The Balaban J connectivity index is 1.32. The number of urea groups is 1. The summed E-state index contributed by atoms with van der Waals surface area (Å²) in [5, 5.41) is 17.6. The normalized spacial score (nSPS) is 17.3. The fraction of sp³-hybridized carbons (Fsp3) is 0.280. The highest BCUT2D eigenvalue weighted by Crippen LogP contribution is 2.34. The van der Waals surface area contributed by atoms with E-state index in [9.17, 15) is 14.0 Å². The summed E-state index contributed by atoms with van der Waals surface area (Å²) in [5.74, 6) is -0.481. The second-order valence-electron chi connectivity index (χ2n) is 8.84. The van der Waals surface area contributed by atoms with Gasteiger partial charge in [-0.15, -0.1) is 0 Å². The molecule has 2 unspecified atom stereocenters. The van der Waals surface area contributed by atoms with Gasteiger partial charge in [0, 0.05) is 36.0 Å². The highest BCUT2D eigenvalue weighted by Gasteiger charge is 2.29. The number of carbonyl (C=O) groups excluding carboxylic acids is 1. The van der Waals surface area contributed by atoms with E-state index in [0.29, 0.717) is 23.4 Å². The quantitative estimate of drug-likeness (QED) is 0.381. The predicted molar refractivity (Wildman–Crippen MR) is 133 cm³/mol. The van der Waals surface area contributed by atoms with Gasteiger partial charge in [0.05, 0.1) is 28.1 Å². The van der Waals surface area contributed by atoms with Gasteiger partial charge in [-0.05, 0) is 54.7 Å². The maximum Gasteiger partial charge on any atom is 0.319 e. The summed E-state index contributed by atoms with van der Waals surface area (Å²) < 4.78 is 16.7. The van der Waals surface area contributed by atoms with E-state index in [1.54, 1.807) is 10.9 Å². The summed E-state index contributed by atoms with van der Waals surface area (Å²) in [6, 6.07) is 9.16. The number of anilines is 1. The number of benzene rings is 2. The number of aromatic nitrogens is 4. The molecule has 4 aromatic rings. The summed E-state index contributed by atoms with van der Waals surface area (Å²) in [4.78, 5) is 24.4. The van der Waals surface area contributed by atoms with Crippen molar-refractivity contribution in [1.82, 2.24) is 25.3 Å². The zero-order valence-electron chi connectivity index (χ0n) is 19.2. The van der Waals surface area contributed by atoms with Gasteiger partial charge in [-0.3, -0.25) is 9.48 Å². The lowest BCUT2D eigenvalue weighted by atomic mass is 9.82. The molecule has 0 spiro atoms. The SMILES string of the molecule is CCC1CC(NC(=O)Nc2cc(Cl)c(-c3ccc4c(cnn4C)c3)cc2F)Cc2cc(=O)[nH]nc21. The van der Waals surface area contributed by atoms with Gasteiger partial charge in [0.2, 0.25) is 0 Å². The maximum atomic E-state index is 15.0. The van der Waals surface area contributed by atoms with Gasteiger partial charge in [0.1, 0.15) is 5.82 Å². The molecule has 2 atom stereocenters. The maximum absolute atomic E-state index is 15.0. The van der Waals surface area contributed by atoms with Crippen molar-refractivity contribution < 1.29 is 9.18 Å². The number of aryl methyl sites for hydroxylation is 1. The lowest BCUT2D eigenvalue weighted by molar-refractivity contribution is 0.245. The van der Waals surface area contributed by atoms with E-state index in [1.165, 1.54) is 18.2 Å². The number of rotatable bonds is 4. The van der Waals surface area contributed by atoms with Crippen molar-refractivity contribution in [3.8, 4) is 11.1 Å². The lowest BCUT2D eigenvalue weighted by Crippen LogP contribution is -2.43. The summed E-state index contributed by atoms with van der Waals surface area (Å²) in [6.45, 7) is 2.04. The first-order valence-corrected chi connectivity index (χ1v) is 11.8. The number of hydrogen-bond acceptors (Lipinski definition) is 4. The van der Waals surface area contributed by atoms with E-state index < -0.39 is 11.8 Å². The van der Waals surface area contributed by atoms with Crippen molar-refractivity contribution in [3.05, 3.63) is 75.0 Å². The van der Waals surface area contributed by atoms with E-state index >= 15 is 0 Å². The fourth-order valence-electron chi connectivity index (χ4n) is 4.78. The Hall–Kier alpha value is -3.72. The summed E-state index contributed by atoms with van der Waals surface area (Å²) in [6.07, 6.45) is 3.72. The molecule has 1 aliphatic carbocycles. The number of aromatic amines is 1. The first-order chi connectivity index (χ1) is 16.8. The van der Waals surface area contributed by atoms with E-state index in [4.69, 9.17) is 11.6 Å². The molecule has 0 radical (unpaired) electrons. The number of halogens is 2. The Morgan fingerprint density at radius 2 is 2.11 bits per heavy atom. The lowest BCUT2D eigenvalue weighted by Gasteiger charge is -2.30. The van der Waals surface area contributed by atoms with Gasteiger partial charge in [-0.2, -0.15) is 10.2 Å². The summed E-state index contributed by atoms with van der Waals surface area (Å²) in [7, 11) is 1.85. The Morgan fingerprint density at radius 3 is 2.91 bits per heavy atom. The number of H-pyrrole nitrogens is 1. The summed E-state index contributed by atoms with van der Waals surface area (Å²) >= 11 is 6.48. The molecule has 8 nitrogen and oxygen atoms in total. The third-order valence-corrected chi connectivity index (χ3v) is 6.85. The molecular formula is C25H24ClFN6O2. The van der Waals surface area contributed by atoms with Crippen LogP contribution in [0, 0.1) is 5.82 Å². The number of fused-ring (bicyclic) bond motifs is 2. The minimum atomic E-state index is -0.595. The molecule has 3 N–H and O–H groups in total. The van der Waals surface area contributed by atoms with Crippen LogP contribution in [0.2, 0.25) is 5.02 Å². The molecule has 0 saturated heterocycles. The molecule has 10 heteroatoms. The monoisotopic (exact) mass is 494 g/mol. The van der Waals surface area contributed by atoms with Crippen LogP contribution in [0.3, 0.4) is 0 Å². The van der Waals surface area contributed by atoms with Crippen LogP contribution in [0.4, 0.5) is 14.9 Å². The molecule has 0 fully saturated rings. The molecule has 180 valence electrons. The molecule has 5 rings (SSSR count). The van der Waals surface area contributed by atoms with Gasteiger partial charge in [0.15, 0.2) is 0 Å². The molecule has 1 aliphatic rings. The third-order valence-electron chi connectivity index (χ3n) is 6.53. The van der Waals surface area contributed by atoms with Crippen LogP contribution in [-0.2, 0) is 13.5 Å². The molecule has 2 aromatic heterocycles. The average Bonchev–Trinajstić information content (AvgIpc) is 3.20. The van der Waals surface area contributed by atoms with Gasteiger partial charge in [0.25, 0.3) is 5.56 Å². The Kier molecular flexibility index (Phi) is 6.02. The highest BCUT2D eigenvalue weighted by molar-refractivity contribution is 6.33. The molecule has 35 heavy (non-hydrogen) atoms.